The smallest absolute Gasteiger partial charge is 0.118 e. The fourth-order valence-electron chi connectivity index (χ4n) is 4.43. The molecule has 0 aliphatic carbocycles. The number of rotatable bonds is 6. The number of methoxy groups -OCH3 is 2. The maximum atomic E-state index is 5.36. The molecule has 2 nitrogen and oxygen atoms in total. The van der Waals surface area contributed by atoms with Gasteiger partial charge >= 0.3 is 0 Å². The molecule has 0 unspecified atom stereocenters. The van der Waals surface area contributed by atoms with E-state index < -0.39 is 0 Å². The number of ether oxygens (including phenoxy) is 2. The fourth-order valence-corrected chi connectivity index (χ4v) is 4.43. The van der Waals surface area contributed by atoms with Gasteiger partial charge < -0.3 is 9.47 Å². The molecule has 0 fully saturated rings. The van der Waals surface area contributed by atoms with Crippen molar-refractivity contribution in [2.24, 2.45) is 0 Å². The minimum Gasteiger partial charge on any atom is -0.497 e. The van der Waals surface area contributed by atoms with Crippen molar-refractivity contribution in [3.63, 3.8) is 0 Å². The quantitative estimate of drug-likeness (QED) is 0.263. The Labute approximate surface area is 201 Å². The van der Waals surface area contributed by atoms with E-state index in [9.17, 15) is 0 Å². The molecule has 2 heteroatoms. The summed E-state index contributed by atoms with van der Waals surface area (Å²) in [6.07, 6.45) is 0. The van der Waals surface area contributed by atoms with Gasteiger partial charge in [0.2, 0.25) is 0 Å². The predicted molar refractivity (Wildman–Crippen MR) is 141 cm³/mol. The van der Waals surface area contributed by atoms with E-state index in [2.05, 4.69) is 97.1 Å². The SMILES string of the molecule is COc1ccc(-c2ccccc2-c2ccccc2-c2ccccc2-c2ccc(OC)cc2)cc1. The van der Waals surface area contributed by atoms with Gasteiger partial charge in [0.1, 0.15) is 11.5 Å². The monoisotopic (exact) mass is 442 g/mol. The van der Waals surface area contributed by atoms with Crippen LogP contribution in [0.3, 0.4) is 0 Å². The van der Waals surface area contributed by atoms with Crippen LogP contribution in [0.1, 0.15) is 0 Å². The van der Waals surface area contributed by atoms with Crippen LogP contribution >= 0.6 is 0 Å². The maximum Gasteiger partial charge on any atom is 0.118 e. The van der Waals surface area contributed by atoms with E-state index in [4.69, 9.17) is 9.47 Å². The molecule has 5 aromatic carbocycles. The summed E-state index contributed by atoms with van der Waals surface area (Å²) in [5.41, 5.74) is 9.52. The normalized spacial score (nSPS) is 10.6. The largest absolute Gasteiger partial charge is 0.497 e. The second kappa shape index (κ2) is 9.68. The van der Waals surface area contributed by atoms with Crippen LogP contribution in [0, 0.1) is 0 Å². The van der Waals surface area contributed by atoms with Crippen molar-refractivity contribution in [1.29, 1.82) is 0 Å². The Hall–Kier alpha value is -4.30. The van der Waals surface area contributed by atoms with Gasteiger partial charge in [-0.05, 0) is 68.8 Å². The van der Waals surface area contributed by atoms with Crippen LogP contribution in [0.25, 0.3) is 44.5 Å². The highest BCUT2D eigenvalue weighted by molar-refractivity contribution is 5.95. The van der Waals surface area contributed by atoms with Crippen molar-refractivity contribution in [3.8, 4) is 56.0 Å². The molecule has 0 saturated heterocycles. The molecule has 0 aliphatic heterocycles. The summed E-state index contributed by atoms with van der Waals surface area (Å²) in [5.74, 6) is 1.71. The Balaban J connectivity index is 1.66. The third kappa shape index (κ3) is 4.18. The van der Waals surface area contributed by atoms with Crippen molar-refractivity contribution in [2.45, 2.75) is 0 Å². The van der Waals surface area contributed by atoms with Crippen molar-refractivity contribution >= 4 is 0 Å². The minimum atomic E-state index is 0.857. The number of hydrogen-bond donors (Lipinski definition) is 0. The lowest BCUT2D eigenvalue weighted by Gasteiger charge is -2.17. The van der Waals surface area contributed by atoms with Gasteiger partial charge in [0.25, 0.3) is 0 Å². The molecular weight excluding hydrogens is 416 g/mol. The Morgan fingerprint density at radius 2 is 0.588 bits per heavy atom. The zero-order valence-electron chi connectivity index (χ0n) is 19.4. The lowest BCUT2D eigenvalue weighted by molar-refractivity contribution is 0.415. The lowest BCUT2D eigenvalue weighted by Crippen LogP contribution is -1.91. The average Bonchev–Trinajstić information content (AvgIpc) is 2.93. The van der Waals surface area contributed by atoms with E-state index in [1.165, 1.54) is 33.4 Å². The Morgan fingerprint density at radius 3 is 0.882 bits per heavy atom. The lowest BCUT2D eigenvalue weighted by atomic mass is 9.87. The Bertz CT molecular complexity index is 1290. The first-order valence-electron chi connectivity index (χ1n) is 11.3. The van der Waals surface area contributed by atoms with Gasteiger partial charge in [0, 0.05) is 0 Å². The molecule has 0 spiro atoms. The minimum absolute atomic E-state index is 0.857. The third-order valence-electron chi connectivity index (χ3n) is 6.16. The first-order chi connectivity index (χ1) is 16.8. The zero-order chi connectivity index (χ0) is 23.3. The molecule has 0 bridgehead atoms. The van der Waals surface area contributed by atoms with Crippen LogP contribution in [0.5, 0.6) is 11.5 Å². The highest BCUT2D eigenvalue weighted by Crippen LogP contribution is 2.41. The first-order valence-corrected chi connectivity index (χ1v) is 11.3. The number of hydrogen-bond acceptors (Lipinski definition) is 2. The molecule has 166 valence electrons. The molecule has 0 saturated carbocycles. The van der Waals surface area contributed by atoms with Crippen LogP contribution < -0.4 is 9.47 Å². The summed E-state index contributed by atoms with van der Waals surface area (Å²) in [4.78, 5) is 0. The molecule has 5 aromatic rings. The zero-order valence-corrected chi connectivity index (χ0v) is 19.4. The van der Waals surface area contributed by atoms with Crippen LogP contribution in [0.4, 0.5) is 0 Å². The van der Waals surface area contributed by atoms with Crippen LogP contribution in [0.15, 0.2) is 121 Å². The molecule has 0 heterocycles. The van der Waals surface area contributed by atoms with Crippen molar-refractivity contribution in [2.75, 3.05) is 14.2 Å². The van der Waals surface area contributed by atoms with Gasteiger partial charge in [-0.15, -0.1) is 0 Å². The summed E-state index contributed by atoms with van der Waals surface area (Å²) >= 11 is 0. The van der Waals surface area contributed by atoms with Crippen molar-refractivity contribution < 1.29 is 9.47 Å². The molecular formula is C32H26O2. The Morgan fingerprint density at radius 1 is 0.324 bits per heavy atom. The molecule has 0 aliphatic rings. The molecule has 0 amide bonds. The van der Waals surface area contributed by atoms with Crippen molar-refractivity contribution in [3.05, 3.63) is 121 Å². The third-order valence-corrected chi connectivity index (χ3v) is 6.16. The van der Waals surface area contributed by atoms with E-state index in [0.29, 0.717) is 0 Å². The molecule has 34 heavy (non-hydrogen) atoms. The second-order valence-corrected chi connectivity index (χ2v) is 8.09. The van der Waals surface area contributed by atoms with Gasteiger partial charge in [-0.3, -0.25) is 0 Å². The van der Waals surface area contributed by atoms with Crippen LogP contribution in [0.2, 0.25) is 0 Å². The number of benzene rings is 5. The van der Waals surface area contributed by atoms with Gasteiger partial charge in [-0.25, -0.2) is 0 Å². The fraction of sp³-hybridized carbons (Fsp3) is 0.0625. The highest BCUT2D eigenvalue weighted by Gasteiger charge is 2.15. The van der Waals surface area contributed by atoms with E-state index in [1.54, 1.807) is 14.2 Å². The molecule has 5 rings (SSSR count). The highest BCUT2D eigenvalue weighted by atomic mass is 16.5. The molecule has 0 aromatic heterocycles. The summed E-state index contributed by atoms with van der Waals surface area (Å²) < 4.78 is 10.7. The summed E-state index contributed by atoms with van der Waals surface area (Å²) in [6.45, 7) is 0. The van der Waals surface area contributed by atoms with E-state index in [1.807, 2.05) is 24.3 Å². The second-order valence-electron chi connectivity index (χ2n) is 8.09. The van der Waals surface area contributed by atoms with Crippen LogP contribution in [-0.2, 0) is 0 Å². The van der Waals surface area contributed by atoms with E-state index in [0.717, 1.165) is 22.6 Å². The predicted octanol–water partition coefficient (Wildman–Crippen LogP) is 8.37. The molecule has 0 radical (unpaired) electrons. The van der Waals surface area contributed by atoms with Gasteiger partial charge in [0.05, 0.1) is 14.2 Å². The van der Waals surface area contributed by atoms with Gasteiger partial charge in [0.15, 0.2) is 0 Å². The first kappa shape index (κ1) is 21.5. The van der Waals surface area contributed by atoms with Gasteiger partial charge in [-0.1, -0.05) is 97.1 Å². The summed E-state index contributed by atoms with van der Waals surface area (Å²) in [6, 6.07) is 42.3. The van der Waals surface area contributed by atoms with Gasteiger partial charge in [-0.2, -0.15) is 0 Å². The molecule has 0 N–H and O–H groups in total. The van der Waals surface area contributed by atoms with Crippen molar-refractivity contribution in [1.82, 2.24) is 0 Å². The van der Waals surface area contributed by atoms with E-state index in [-0.39, 0.29) is 0 Å². The van der Waals surface area contributed by atoms with E-state index >= 15 is 0 Å². The van der Waals surface area contributed by atoms with Crippen LogP contribution in [-0.4, -0.2) is 14.2 Å². The molecule has 0 atom stereocenters. The average molecular weight is 443 g/mol. The maximum absolute atomic E-state index is 5.36. The standard InChI is InChI=1S/C32H26O2/c1-33-25-19-15-23(16-20-25)27-9-3-5-11-29(27)31-13-7-8-14-32(31)30-12-6-4-10-28(30)24-17-21-26(34-2)22-18-24/h3-22H,1-2H3. The Kier molecular flexibility index (Phi) is 6.13. The topological polar surface area (TPSA) is 18.5 Å². The summed E-state index contributed by atoms with van der Waals surface area (Å²) in [5, 5.41) is 0. The summed E-state index contributed by atoms with van der Waals surface area (Å²) in [7, 11) is 3.39.